The van der Waals surface area contributed by atoms with Crippen LogP contribution in [0.15, 0.2) is 22.4 Å². The smallest absolute Gasteiger partial charge is 0.270 e. The summed E-state index contributed by atoms with van der Waals surface area (Å²) in [7, 11) is 1.70. The summed E-state index contributed by atoms with van der Waals surface area (Å²) in [5.41, 5.74) is 1.11. The van der Waals surface area contributed by atoms with E-state index in [1.807, 2.05) is 6.07 Å². The zero-order valence-corrected chi connectivity index (χ0v) is 19.4. The van der Waals surface area contributed by atoms with Crippen molar-refractivity contribution in [3.8, 4) is 6.07 Å². The summed E-state index contributed by atoms with van der Waals surface area (Å²) in [5, 5.41) is 9.59. The van der Waals surface area contributed by atoms with Crippen LogP contribution < -0.4 is 10.5 Å². The van der Waals surface area contributed by atoms with Crippen LogP contribution >= 0.6 is 24.0 Å². The third kappa shape index (κ3) is 3.96. The number of hydrogen-bond donors (Lipinski definition) is 0. The number of thiocarbonyl (C=S) groups is 1. The van der Waals surface area contributed by atoms with Crippen LogP contribution in [0.25, 0.3) is 6.08 Å². The molecular weight excluding hydrogens is 416 g/mol. The van der Waals surface area contributed by atoms with Crippen LogP contribution in [0.2, 0.25) is 0 Å². The zero-order chi connectivity index (χ0) is 22.2. The number of carbonyl (C=O) groups excluding carboxylic acids is 1. The van der Waals surface area contributed by atoms with Crippen molar-refractivity contribution >= 4 is 46.1 Å². The lowest BCUT2D eigenvalue weighted by Crippen LogP contribution is -2.42. The van der Waals surface area contributed by atoms with Crippen LogP contribution in [0, 0.1) is 30.1 Å². The lowest BCUT2D eigenvalue weighted by atomic mass is 9.91. The normalized spacial score (nSPS) is 23.2. The highest BCUT2D eigenvalue weighted by molar-refractivity contribution is 8.26. The molecule has 0 saturated carbocycles. The minimum absolute atomic E-state index is 0.104. The number of amides is 1. The summed E-state index contributed by atoms with van der Waals surface area (Å²) in [6.45, 7) is 11.9. The first-order valence-corrected chi connectivity index (χ1v) is 11.2. The summed E-state index contributed by atoms with van der Waals surface area (Å²) in [5.74, 6) is 1.55. The van der Waals surface area contributed by atoms with E-state index in [4.69, 9.17) is 12.2 Å². The van der Waals surface area contributed by atoms with Crippen LogP contribution in [-0.4, -0.2) is 39.3 Å². The number of aromatic nitrogens is 1. The minimum Gasteiger partial charge on any atom is -0.357 e. The Labute approximate surface area is 186 Å². The quantitative estimate of drug-likeness (QED) is 0.404. The second kappa shape index (κ2) is 8.78. The number of nitriles is 1. The van der Waals surface area contributed by atoms with Gasteiger partial charge in [0, 0.05) is 32.2 Å². The fraction of sp³-hybridized carbons (Fsp3) is 0.455. The van der Waals surface area contributed by atoms with E-state index in [0.717, 1.165) is 30.9 Å². The molecule has 2 fully saturated rings. The predicted octanol–water partition coefficient (Wildman–Crippen LogP) is 3.43. The molecule has 0 N–H and O–H groups in total. The number of nitrogens with zero attached hydrogens (tertiary/aromatic N) is 4. The number of rotatable bonds is 4. The Hall–Kier alpha value is -2.37. The third-order valence-corrected chi connectivity index (χ3v) is 6.97. The molecule has 3 heterocycles. The highest BCUT2D eigenvalue weighted by Crippen LogP contribution is 2.36. The molecule has 30 heavy (non-hydrogen) atoms. The highest BCUT2D eigenvalue weighted by atomic mass is 32.2. The number of hydrogen-bond acceptors (Lipinski definition) is 6. The maximum atomic E-state index is 12.9. The van der Waals surface area contributed by atoms with Gasteiger partial charge in [-0.15, -0.1) is 6.58 Å². The first-order chi connectivity index (χ1) is 14.2. The Balaban J connectivity index is 2.21. The molecule has 2 atom stereocenters. The standard InChI is InChI=1S/C22H26N4O2S2/c1-6-7-26-21(28)18(30-22(26)29)9-16-15(4)17(10-23)20(27)24(5)19(16)25-11-13(2)8-14(3)12-25/h6,9,13-14H,1,7-8,11-12H2,2-5H3/b18-9-. The lowest BCUT2D eigenvalue weighted by molar-refractivity contribution is -0.121. The van der Waals surface area contributed by atoms with Crippen molar-refractivity contribution in [3.05, 3.63) is 44.6 Å². The molecule has 0 aliphatic carbocycles. The maximum absolute atomic E-state index is 12.9. The average Bonchev–Trinajstić information content (AvgIpc) is 2.93. The molecule has 2 aliphatic rings. The van der Waals surface area contributed by atoms with Crippen molar-refractivity contribution in [2.24, 2.45) is 18.9 Å². The molecule has 158 valence electrons. The van der Waals surface area contributed by atoms with E-state index in [-0.39, 0.29) is 17.0 Å². The van der Waals surface area contributed by atoms with Gasteiger partial charge in [-0.25, -0.2) is 0 Å². The van der Waals surface area contributed by atoms with Gasteiger partial charge < -0.3 is 4.90 Å². The molecule has 0 radical (unpaired) electrons. The van der Waals surface area contributed by atoms with Gasteiger partial charge in [0.05, 0.1) is 4.91 Å². The van der Waals surface area contributed by atoms with Crippen molar-refractivity contribution in [2.75, 3.05) is 24.5 Å². The molecule has 2 saturated heterocycles. The van der Waals surface area contributed by atoms with Gasteiger partial charge in [-0.2, -0.15) is 5.26 Å². The predicted molar refractivity (Wildman–Crippen MR) is 126 cm³/mol. The summed E-state index contributed by atoms with van der Waals surface area (Å²) >= 11 is 6.59. The van der Waals surface area contributed by atoms with Crippen LogP contribution in [0.4, 0.5) is 5.82 Å². The van der Waals surface area contributed by atoms with Gasteiger partial charge in [0.25, 0.3) is 11.5 Å². The number of pyridine rings is 1. The first-order valence-electron chi connectivity index (χ1n) is 9.94. The van der Waals surface area contributed by atoms with E-state index in [9.17, 15) is 14.9 Å². The lowest BCUT2D eigenvalue weighted by Gasteiger charge is -2.38. The maximum Gasteiger partial charge on any atom is 0.270 e. The number of thioether (sulfide) groups is 1. The van der Waals surface area contributed by atoms with Gasteiger partial charge >= 0.3 is 0 Å². The molecule has 2 unspecified atom stereocenters. The first kappa shape index (κ1) is 22.3. The summed E-state index contributed by atoms with van der Waals surface area (Å²) in [6.07, 6.45) is 4.56. The number of carbonyl (C=O) groups is 1. The second-order valence-corrected chi connectivity index (χ2v) is 9.82. The molecule has 6 nitrogen and oxygen atoms in total. The third-order valence-electron chi connectivity index (χ3n) is 5.60. The van der Waals surface area contributed by atoms with Crippen molar-refractivity contribution in [1.29, 1.82) is 5.26 Å². The molecule has 0 bridgehead atoms. The fourth-order valence-electron chi connectivity index (χ4n) is 4.35. The molecule has 1 amide bonds. The van der Waals surface area contributed by atoms with Gasteiger partial charge in [-0.3, -0.25) is 19.1 Å². The highest BCUT2D eigenvalue weighted by Gasteiger charge is 2.33. The van der Waals surface area contributed by atoms with E-state index in [0.29, 0.717) is 33.2 Å². The minimum atomic E-state index is -0.313. The van der Waals surface area contributed by atoms with E-state index < -0.39 is 0 Å². The van der Waals surface area contributed by atoms with Crippen molar-refractivity contribution < 1.29 is 4.79 Å². The Morgan fingerprint density at radius 3 is 2.50 bits per heavy atom. The number of anilines is 1. The Morgan fingerprint density at radius 1 is 1.30 bits per heavy atom. The van der Waals surface area contributed by atoms with Crippen LogP contribution in [-0.2, 0) is 11.8 Å². The molecule has 2 aliphatic heterocycles. The molecule has 1 aromatic rings. The molecule has 3 rings (SSSR count). The Kier molecular flexibility index (Phi) is 6.53. The van der Waals surface area contributed by atoms with Gasteiger partial charge in [-0.1, -0.05) is 43.9 Å². The monoisotopic (exact) mass is 442 g/mol. The van der Waals surface area contributed by atoms with Crippen LogP contribution in [0.3, 0.4) is 0 Å². The van der Waals surface area contributed by atoms with Gasteiger partial charge in [0.2, 0.25) is 0 Å². The van der Waals surface area contributed by atoms with Gasteiger partial charge in [0.15, 0.2) is 0 Å². The van der Waals surface area contributed by atoms with Gasteiger partial charge in [0.1, 0.15) is 21.8 Å². The summed E-state index contributed by atoms with van der Waals surface area (Å²) in [6, 6.07) is 2.04. The largest absolute Gasteiger partial charge is 0.357 e. The number of piperidine rings is 1. The Bertz CT molecular complexity index is 1040. The molecule has 0 spiro atoms. The summed E-state index contributed by atoms with van der Waals surface area (Å²) in [4.78, 5) is 30.0. The second-order valence-electron chi connectivity index (χ2n) is 8.15. The SMILES string of the molecule is C=CCN1C(=O)/C(=C/c2c(C)c(C#N)c(=O)n(C)c2N2CC(C)CC(C)C2)SC1=S. The van der Waals surface area contributed by atoms with Crippen LogP contribution in [0.1, 0.15) is 37.0 Å². The summed E-state index contributed by atoms with van der Waals surface area (Å²) < 4.78 is 2.03. The van der Waals surface area contributed by atoms with E-state index >= 15 is 0 Å². The molecule has 8 heteroatoms. The van der Waals surface area contributed by atoms with Crippen molar-refractivity contribution in [2.45, 2.75) is 27.2 Å². The molecule has 0 aromatic carbocycles. The fourth-order valence-corrected chi connectivity index (χ4v) is 5.60. The topological polar surface area (TPSA) is 69.3 Å². The van der Waals surface area contributed by atoms with Crippen LogP contribution in [0.5, 0.6) is 0 Å². The van der Waals surface area contributed by atoms with E-state index in [1.54, 1.807) is 30.7 Å². The zero-order valence-electron chi connectivity index (χ0n) is 17.8. The van der Waals surface area contributed by atoms with E-state index in [1.165, 1.54) is 16.7 Å². The average molecular weight is 443 g/mol. The Morgan fingerprint density at radius 2 is 1.93 bits per heavy atom. The van der Waals surface area contributed by atoms with Crippen molar-refractivity contribution in [1.82, 2.24) is 9.47 Å². The van der Waals surface area contributed by atoms with Gasteiger partial charge in [-0.05, 0) is 36.8 Å². The molecule has 1 aromatic heterocycles. The van der Waals surface area contributed by atoms with Crippen molar-refractivity contribution in [3.63, 3.8) is 0 Å². The van der Waals surface area contributed by atoms with E-state index in [2.05, 4.69) is 25.3 Å². The molecular formula is C22H26N4O2S2.